The zero-order valence-corrected chi connectivity index (χ0v) is 17.4. The average molecular weight is 425 g/mol. The Bertz CT molecular complexity index is 824. The third-order valence-corrected chi connectivity index (χ3v) is 6.39. The molecule has 0 amide bonds. The van der Waals surface area contributed by atoms with Crippen molar-refractivity contribution in [1.29, 1.82) is 0 Å². The van der Waals surface area contributed by atoms with Gasteiger partial charge in [0.1, 0.15) is 11.5 Å². The van der Waals surface area contributed by atoms with Gasteiger partial charge >= 0.3 is 0 Å². The summed E-state index contributed by atoms with van der Waals surface area (Å²) in [5.41, 5.74) is 0.906. The molecule has 1 unspecified atom stereocenters. The Hall–Kier alpha value is -1.74. The summed E-state index contributed by atoms with van der Waals surface area (Å²) in [4.78, 5) is 26.0. The van der Waals surface area contributed by atoms with Crippen molar-refractivity contribution in [2.75, 3.05) is 24.7 Å². The number of phenolic OH excluding ortho intramolecular Hbond substituents is 2. The molecule has 1 aliphatic carbocycles. The Kier molecular flexibility index (Phi) is 8.18. The van der Waals surface area contributed by atoms with Gasteiger partial charge < -0.3 is 20.4 Å². The molecule has 0 radical (unpaired) electrons. The summed E-state index contributed by atoms with van der Waals surface area (Å²) in [5.74, 6) is -1.11. The first-order valence-corrected chi connectivity index (χ1v) is 10.8. The number of carbonyl (C=O) groups excluding carboxylic acids is 2. The summed E-state index contributed by atoms with van der Waals surface area (Å²) < 4.78 is 0. The van der Waals surface area contributed by atoms with Crippen molar-refractivity contribution in [3.05, 3.63) is 40.5 Å². The maximum absolute atomic E-state index is 13.2. The molecule has 6 nitrogen and oxygen atoms in total. The third kappa shape index (κ3) is 5.00. The molecular formula is C20H24O6S2. The lowest BCUT2D eigenvalue weighted by atomic mass is 9.86. The first kappa shape index (κ1) is 22.5. The monoisotopic (exact) mass is 424 g/mol. The topological polar surface area (TPSA) is 115 Å². The molecule has 1 atom stereocenters. The lowest BCUT2D eigenvalue weighted by Gasteiger charge is -2.24. The van der Waals surface area contributed by atoms with E-state index in [0.717, 1.165) is 17.3 Å². The molecule has 1 aliphatic rings. The molecule has 152 valence electrons. The van der Waals surface area contributed by atoms with Gasteiger partial charge in [-0.25, -0.2) is 0 Å². The molecule has 0 fully saturated rings. The minimum Gasteiger partial charge on any atom is -0.507 e. The number of ketones is 2. The van der Waals surface area contributed by atoms with E-state index in [-0.39, 0.29) is 57.3 Å². The molecule has 0 spiro atoms. The van der Waals surface area contributed by atoms with Crippen molar-refractivity contribution in [3.63, 3.8) is 0 Å². The number of aromatic hydroxyl groups is 2. The molecule has 0 aromatic heterocycles. The number of hydrogen-bond donors (Lipinski definition) is 4. The number of aliphatic hydroxyl groups is 2. The predicted molar refractivity (Wildman–Crippen MR) is 112 cm³/mol. The van der Waals surface area contributed by atoms with Crippen molar-refractivity contribution < 1.29 is 30.0 Å². The van der Waals surface area contributed by atoms with E-state index in [4.69, 9.17) is 10.2 Å². The number of fused-ring (bicyclic) bond motifs is 1. The second kappa shape index (κ2) is 10.2. The summed E-state index contributed by atoms with van der Waals surface area (Å²) in [6.45, 7) is 3.66. The van der Waals surface area contributed by atoms with Gasteiger partial charge in [-0.3, -0.25) is 9.59 Å². The highest BCUT2D eigenvalue weighted by atomic mass is 32.2. The molecule has 1 aromatic carbocycles. The van der Waals surface area contributed by atoms with Crippen LogP contribution in [-0.2, 0) is 0 Å². The number of Topliss-reactive ketones (excluding diaryl/α,β-unsaturated/α-hetero) is 1. The van der Waals surface area contributed by atoms with E-state index in [2.05, 4.69) is 0 Å². The number of carbonyl (C=O) groups is 2. The second-order valence-corrected chi connectivity index (χ2v) is 8.91. The quantitative estimate of drug-likeness (QED) is 0.272. The van der Waals surface area contributed by atoms with Gasteiger partial charge in [0.05, 0.1) is 29.2 Å². The maximum Gasteiger partial charge on any atom is 0.194 e. The van der Waals surface area contributed by atoms with Crippen LogP contribution in [0.1, 0.15) is 41.0 Å². The highest BCUT2D eigenvalue weighted by Gasteiger charge is 2.35. The smallest absolute Gasteiger partial charge is 0.194 e. The Morgan fingerprint density at radius 2 is 1.79 bits per heavy atom. The van der Waals surface area contributed by atoms with Crippen molar-refractivity contribution in [1.82, 2.24) is 0 Å². The highest BCUT2D eigenvalue weighted by molar-refractivity contribution is 8.00. The van der Waals surface area contributed by atoms with Crippen molar-refractivity contribution >= 4 is 35.1 Å². The SMILES string of the molecule is CC(C)=CCC(SCCO)C1=CC(=O)c2c(O)cc(SCCO)c(O)c2C1=O. The number of allylic oxidation sites excluding steroid dienone is 3. The molecule has 1 aromatic rings. The summed E-state index contributed by atoms with van der Waals surface area (Å²) in [6.07, 6.45) is 3.67. The van der Waals surface area contributed by atoms with Gasteiger partial charge in [0.2, 0.25) is 0 Å². The van der Waals surface area contributed by atoms with Crippen LogP contribution in [0.5, 0.6) is 11.5 Å². The Morgan fingerprint density at radius 1 is 1.11 bits per heavy atom. The fourth-order valence-electron chi connectivity index (χ4n) is 2.86. The van der Waals surface area contributed by atoms with E-state index in [0.29, 0.717) is 12.2 Å². The molecule has 28 heavy (non-hydrogen) atoms. The Balaban J connectivity index is 2.50. The van der Waals surface area contributed by atoms with Crippen LogP contribution in [0.3, 0.4) is 0 Å². The number of hydrogen-bond acceptors (Lipinski definition) is 8. The largest absolute Gasteiger partial charge is 0.507 e. The van der Waals surface area contributed by atoms with Crippen molar-refractivity contribution in [2.45, 2.75) is 30.4 Å². The fraction of sp³-hybridized carbons (Fsp3) is 0.400. The van der Waals surface area contributed by atoms with Gasteiger partial charge in [-0.15, -0.1) is 11.8 Å². The van der Waals surface area contributed by atoms with E-state index in [1.165, 1.54) is 23.9 Å². The van der Waals surface area contributed by atoms with Crippen molar-refractivity contribution in [2.24, 2.45) is 0 Å². The first-order chi connectivity index (χ1) is 13.3. The van der Waals surface area contributed by atoms with Crippen LogP contribution < -0.4 is 0 Å². The van der Waals surface area contributed by atoms with E-state index in [1.807, 2.05) is 19.9 Å². The fourth-order valence-corrected chi connectivity index (χ4v) is 4.58. The second-order valence-electron chi connectivity index (χ2n) is 6.46. The summed E-state index contributed by atoms with van der Waals surface area (Å²) >= 11 is 2.44. The van der Waals surface area contributed by atoms with Gasteiger partial charge in [-0.05, 0) is 32.4 Å². The number of thioether (sulfide) groups is 2. The summed E-state index contributed by atoms with van der Waals surface area (Å²) in [7, 11) is 0. The predicted octanol–water partition coefficient (Wildman–Crippen LogP) is 2.94. The number of benzene rings is 1. The maximum atomic E-state index is 13.2. The lowest BCUT2D eigenvalue weighted by Crippen LogP contribution is -2.24. The molecule has 0 bridgehead atoms. The van der Waals surface area contributed by atoms with Gasteiger partial charge in [0.25, 0.3) is 0 Å². The third-order valence-electron chi connectivity index (χ3n) is 4.11. The van der Waals surface area contributed by atoms with Crippen LogP contribution in [0.2, 0.25) is 0 Å². The molecule has 0 saturated carbocycles. The zero-order chi connectivity index (χ0) is 20.8. The van der Waals surface area contributed by atoms with Gasteiger partial charge in [-0.2, -0.15) is 11.8 Å². The molecule has 0 saturated heterocycles. The van der Waals surface area contributed by atoms with Gasteiger partial charge in [0.15, 0.2) is 11.6 Å². The van der Waals surface area contributed by atoms with Gasteiger partial charge in [-0.1, -0.05) is 11.6 Å². The highest BCUT2D eigenvalue weighted by Crippen LogP contribution is 2.43. The molecule has 2 rings (SSSR count). The molecule has 0 aliphatic heterocycles. The number of aliphatic hydroxyl groups excluding tert-OH is 2. The van der Waals surface area contributed by atoms with Crippen LogP contribution in [0.15, 0.2) is 34.3 Å². The molecular weight excluding hydrogens is 400 g/mol. The average Bonchev–Trinajstić information content (AvgIpc) is 2.65. The van der Waals surface area contributed by atoms with Crippen LogP contribution in [0, 0.1) is 0 Å². The molecule has 0 heterocycles. The zero-order valence-electron chi connectivity index (χ0n) is 15.8. The summed E-state index contributed by atoms with van der Waals surface area (Å²) in [5, 5.41) is 38.7. The normalized spacial score (nSPS) is 14.5. The van der Waals surface area contributed by atoms with Crippen LogP contribution in [0.25, 0.3) is 0 Å². The van der Waals surface area contributed by atoms with Gasteiger partial charge in [0, 0.05) is 22.3 Å². The van der Waals surface area contributed by atoms with E-state index < -0.39 is 11.6 Å². The van der Waals surface area contributed by atoms with E-state index in [9.17, 15) is 19.8 Å². The molecule has 8 heteroatoms. The van der Waals surface area contributed by atoms with Crippen LogP contribution in [-0.4, -0.2) is 62.0 Å². The standard InChI is InChI=1S/C20H24O6S2/c1-11(2)3-4-15(27-7-5-21)12-9-13(23)17-14(24)10-16(28-8-6-22)20(26)18(17)19(12)25/h3,9-10,15,21-22,24,26H,4-8H2,1-2H3. The Labute approximate surface area is 172 Å². The minimum absolute atomic E-state index is 0.0595. The first-order valence-electron chi connectivity index (χ1n) is 8.80. The minimum atomic E-state index is -0.539. The van der Waals surface area contributed by atoms with Crippen LogP contribution >= 0.6 is 23.5 Å². The van der Waals surface area contributed by atoms with Crippen molar-refractivity contribution in [3.8, 4) is 11.5 Å². The number of rotatable bonds is 9. The lowest BCUT2D eigenvalue weighted by molar-refractivity contribution is 0.0976. The Morgan fingerprint density at radius 3 is 2.39 bits per heavy atom. The van der Waals surface area contributed by atoms with E-state index >= 15 is 0 Å². The van der Waals surface area contributed by atoms with E-state index in [1.54, 1.807) is 0 Å². The summed E-state index contributed by atoms with van der Waals surface area (Å²) in [6, 6.07) is 1.24. The van der Waals surface area contributed by atoms with Crippen LogP contribution in [0.4, 0.5) is 0 Å². The number of phenols is 2. The molecule has 4 N–H and O–H groups in total.